The standard InChI is InChI=1S/C18H21NO/c19-12-15(14-6-2-1-3-7-14)10-11-16-13-20-18-9-5-4-8-17(16)18/h1-9,15-16H,10-13,19H2. The zero-order valence-corrected chi connectivity index (χ0v) is 11.7. The molecule has 0 saturated carbocycles. The Morgan fingerprint density at radius 3 is 2.60 bits per heavy atom. The minimum absolute atomic E-state index is 0.448. The number of rotatable bonds is 5. The van der Waals surface area contributed by atoms with Crippen LogP contribution in [0, 0.1) is 0 Å². The van der Waals surface area contributed by atoms with Crippen molar-refractivity contribution < 1.29 is 4.74 Å². The molecule has 3 rings (SSSR count). The number of nitrogens with two attached hydrogens (primary N) is 1. The Kier molecular flexibility index (Phi) is 4.03. The summed E-state index contributed by atoms with van der Waals surface area (Å²) in [7, 11) is 0. The highest BCUT2D eigenvalue weighted by Gasteiger charge is 2.24. The van der Waals surface area contributed by atoms with Gasteiger partial charge in [0.15, 0.2) is 0 Å². The van der Waals surface area contributed by atoms with Gasteiger partial charge in [-0.25, -0.2) is 0 Å². The van der Waals surface area contributed by atoms with Crippen LogP contribution in [-0.4, -0.2) is 13.2 Å². The Hall–Kier alpha value is -1.80. The van der Waals surface area contributed by atoms with Crippen molar-refractivity contribution in [2.45, 2.75) is 24.7 Å². The van der Waals surface area contributed by atoms with Gasteiger partial charge in [0, 0.05) is 11.5 Å². The molecule has 0 saturated heterocycles. The van der Waals surface area contributed by atoms with Crippen molar-refractivity contribution in [1.29, 1.82) is 0 Å². The highest BCUT2D eigenvalue weighted by atomic mass is 16.5. The topological polar surface area (TPSA) is 35.2 Å². The van der Waals surface area contributed by atoms with E-state index in [1.165, 1.54) is 11.1 Å². The van der Waals surface area contributed by atoms with Crippen LogP contribution in [0.4, 0.5) is 0 Å². The average Bonchev–Trinajstić information content (AvgIpc) is 2.92. The van der Waals surface area contributed by atoms with Crippen LogP contribution in [-0.2, 0) is 0 Å². The fourth-order valence-corrected chi connectivity index (χ4v) is 3.02. The second-order valence-electron chi connectivity index (χ2n) is 5.47. The summed E-state index contributed by atoms with van der Waals surface area (Å²) in [5, 5.41) is 0. The maximum Gasteiger partial charge on any atom is 0.122 e. The molecule has 2 unspecified atom stereocenters. The van der Waals surface area contributed by atoms with E-state index in [9.17, 15) is 0 Å². The largest absolute Gasteiger partial charge is 0.493 e. The SMILES string of the molecule is NCC(CCC1COc2ccccc21)c1ccccc1. The third kappa shape index (κ3) is 2.70. The first-order valence-corrected chi connectivity index (χ1v) is 7.35. The van der Waals surface area contributed by atoms with Gasteiger partial charge in [0.2, 0.25) is 0 Å². The van der Waals surface area contributed by atoms with Gasteiger partial charge >= 0.3 is 0 Å². The molecular formula is C18H21NO. The molecular weight excluding hydrogens is 246 g/mol. The fourth-order valence-electron chi connectivity index (χ4n) is 3.02. The summed E-state index contributed by atoms with van der Waals surface area (Å²) in [6.07, 6.45) is 2.25. The molecule has 2 nitrogen and oxygen atoms in total. The van der Waals surface area contributed by atoms with Gasteiger partial charge in [-0.3, -0.25) is 0 Å². The summed E-state index contributed by atoms with van der Waals surface area (Å²) in [5.41, 5.74) is 8.66. The fraction of sp³-hybridized carbons (Fsp3) is 0.333. The molecule has 0 fully saturated rings. The molecule has 0 spiro atoms. The van der Waals surface area contributed by atoms with Gasteiger partial charge in [-0.05, 0) is 36.9 Å². The molecule has 0 amide bonds. The van der Waals surface area contributed by atoms with E-state index in [2.05, 4.69) is 48.5 Å². The first-order valence-electron chi connectivity index (χ1n) is 7.35. The second kappa shape index (κ2) is 6.10. The molecule has 0 aromatic heterocycles. The van der Waals surface area contributed by atoms with Gasteiger partial charge < -0.3 is 10.5 Å². The van der Waals surface area contributed by atoms with Crippen molar-refractivity contribution in [2.24, 2.45) is 5.73 Å². The molecule has 1 aliphatic rings. The zero-order valence-electron chi connectivity index (χ0n) is 11.7. The third-order valence-corrected chi connectivity index (χ3v) is 4.22. The second-order valence-corrected chi connectivity index (χ2v) is 5.47. The Labute approximate surface area is 120 Å². The molecule has 2 heteroatoms. The van der Waals surface area contributed by atoms with E-state index >= 15 is 0 Å². The van der Waals surface area contributed by atoms with Crippen LogP contribution in [0.15, 0.2) is 54.6 Å². The lowest BCUT2D eigenvalue weighted by Gasteiger charge is -2.17. The Morgan fingerprint density at radius 2 is 1.80 bits per heavy atom. The van der Waals surface area contributed by atoms with Crippen molar-refractivity contribution >= 4 is 0 Å². The van der Waals surface area contributed by atoms with Crippen molar-refractivity contribution in [3.8, 4) is 5.75 Å². The number of ether oxygens (including phenoxy) is 1. The number of hydrogen-bond donors (Lipinski definition) is 1. The summed E-state index contributed by atoms with van der Waals surface area (Å²) >= 11 is 0. The Bertz CT molecular complexity index is 550. The molecule has 1 heterocycles. The van der Waals surface area contributed by atoms with Gasteiger partial charge in [0.25, 0.3) is 0 Å². The monoisotopic (exact) mass is 267 g/mol. The summed E-state index contributed by atoms with van der Waals surface area (Å²) in [6, 6.07) is 19.0. The summed E-state index contributed by atoms with van der Waals surface area (Å²) in [5.74, 6) is 2.02. The van der Waals surface area contributed by atoms with E-state index in [-0.39, 0.29) is 0 Å². The van der Waals surface area contributed by atoms with Crippen LogP contribution >= 0.6 is 0 Å². The molecule has 2 aromatic carbocycles. The smallest absolute Gasteiger partial charge is 0.122 e. The van der Waals surface area contributed by atoms with E-state index in [0.29, 0.717) is 18.4 Å². The van der Waals surface area contributed by atoms with Crippen LogP contribution in [0.1, 0.15) is 35.8 Å². The molecule has 104 valence electrons. The number of fused-ring (bicyclic) bond motifs is 1. The molecule has 20 heavy (non-hydrogen) atoms. The Morgan fingerprint density at radius 1 is 1.05 bits per heavy atom. The molecule has 1 aliphatic heterocycles. The number of para-hydroxylation sites is 1. The first-order chi connectivity index (χ1) is 9.88. The summed E-state index contributed by atoms with van der Waals surface area (Å²) in [6.45, 7) is 1.52. The summed E-state index contributed by atoms with van der Waals surface area (Å²) in [4.78, 5) is 0. The average molecular weight is 267 g/mol. The van der Waals surface area contributed by atoms with E-state index in [1.807, 2.05) is 6.07 Å². The lowest BCUT2D eigenvalue weighted by Crippen LogP contribution is -2.14. The van der Waals surface area contributed by atoms with Crippen LogP contribution < -0.4 is 10.5 Å². The normalized spacial score (nSPS) is 18.4. The molecule has 0 radical (unpaired) electrons. The van der Waals surface area contributed by atoms with Crippen LogP contribution in [0.2, 0.25) is 0 Å². The van der Waals surface area contributed by atoms with Gasteiger partial charge in [0.05, 0.1) is 6.61 Å². The van der Waals surface area contributed by atoms with Gasteiger partial charge in [0.1, 0.15) is 5.75 Å². The highest BCUT2D eigenvalue weighted by Crippen LogP contribution is 2.37. The zero-order chi connectivity index (χ0) is 13.8. The van der Waals surface area contributed by atoms with Crippen molar-refractivity contribution in [3.05, 3.63) is 65.7 Å². The minimum Gasteiger partial charge on any atom is -0.493 e. The lowest BCUT2D eigenvalue weighted by molar-refractivity contribution is 0.320. The lowest BCUT2D eigenvalue weighted by atomic mass is 9.88. The number of benzene rings is 2. The quantitative estimate of drug-likeness (QED) is 0.896. The van der Waals surface area contributed by atoms with Crippen molar-refractivity contribution in [1.82, 2.24) is 0 Å². The predicted molar refractivity (Wildman–Crippen MR) is 82.1 cm³/mol. The summed E-state index contributed by atoms with van der Waals surface area (Å²) < 4.78 is 5.75. The third-order valence-electron chi connectivity index (χ3n) is 4.22. The van der Waals surface area contributed by atoms with Gasteiger partial charge in [-0.1, -0.05) is 48.5 Å². The number of hydrogen-bond acceptors (Lipinski definition) is 2. The first kappa shape index (κ1) is 13.2. The maximum absolute atomic E-state index is 5.95. The van der Waals surface area contributed by atoms with Crippen LogP contribution in [0.5, 0.6) is 5.75 Å². The van der Waals surface area contributed by atoms with Crippen LogP contribution in [0.25, 0.3) is 0 Å². The van der Waals surface area contributed by atoms with Crippen molar-refractivity contribution in [2.75, 3.05) is 13.2 Å². The molecule has 2 N–H and O–H groups in total. The van der Waals surface area contributed by atoms with E-state index in [4.69, 9.17) is 10.5 Å². The molecule has 0 aliphatic carbocycles. The maximum atomic E-state index is 5.95. The van der Waals surface area contributed by atoms with E-state index in [0.717, 1.165) is 25.2 Å². The van der Waals surface area contributed by atoms with Crippen molar-refractivity contribution in [3.63, 3.8) is 0 Å². The van der Waals surface area contributed by atoms with Gasteiger partial charge in [-0.2, -0.15) is 0 Å². The molecule has 0 bridgehead atoms. The highest BCUT2D eigenvalue weighted by molar-refractivity contribution is 5.39. The molecule has 2 atom stereocenters. The predicted octanol–water partition coefficient (Wildman–Crippen LogP) is 3.69. The Balaban J connectivity index is 1.65. The van der Waals surface area contributed by atoms with E-state index in [1.54, 1.807) is 0 Å². The molecule has 2 aromatic rings. The van der Waals surface area contributed by atoms with Crippen LogP contribution in [0.3, 0.4) is 0 Å². The minimum atomic E-state index is 0.448. The van der Waals surface area contributed by atoms with E-state index < -0.39 is 0 Å². The van der Waals surface area contributed by atoms with Gasteiger partial charge in [-0.15, -0.1) is 0 Å².